The van der Waals surface area contributed by atoms with Crippen molar-refractivity contribution in [3.8, 4) is 17.2 Å². The highest BCUT2D eigenvalue weighted by Gasteiger charge is 2.15. The Morgan fingerprint density at radius 1 is 1.03 bits per heavy atom. The van der Waals surface area contributed by atoms with Gasteiger partial charge in [-0.2, -0.15) is 5.10 Å². The molecule has 0 saturated heterocycles. The van der Waals surface area contributed by atoms with Gasteiger partial charge in [0.05, 0.1) is 18.9 Å². The topological polar surface area (TPSA) is 86.2 Å². The van der Waals surface area contributed by atoms with E-state index >= 15 is 0 Å². The van der Waals surface area contributed by atoms with E-state index in [-0.39, 0.29) is 12.4 Å². The van der Waals surface area contributed by atoms with Crippen molar-refractivity contribution in [1.82, 2.24) is 5.43 Å². The van der Waals surface area contributed by atoms with E-state index in [1.807, 2.05) is 31.2 Å². The van der Waals surface area contributed by atoms with Crippen LogP contribution in [0.5, 0.6) is 17.2 Å². The summed E-state index contributed by atoms with van der Waals surface area (Å²) < 4.78 is 17.0. The Bertz CT molecular complexity index is 1130. The van der Waals surface area contributed by atoms with E-state index in [0.717, 1.165) is 9.13 Å². The van der Waals surface area contributed by atoms with Gasteiger partial charge in [0, 0.05) is 3.57 Å². The molecule has 3 aromatic carbocycles. The number of amides is 1. The molecule has 0 heterocycles. The molecule has 3 rings (SSSR count). The quantitative estimate of drug-likeness (QED) is 0.150. The van der Waals surface area contributed by atoms with Crippen LogP contribution in [0.4, 0.5) is 0 Å². The van der Waals surface area contributed by atoms with Crippen molar-refractivity contribution in [2.45, 2.75) is 6.92 Å². The Morgan fingerprint density at radius 2 is 1.78 bits per heavy atom. The average Bonchev–Trinajstić information content (AvgIpc) is 2.79. The van der Waals surface area contributed by atoms with E-state index < -0.39 is 11.9 Å². The fourth-order valence-electron chi connectivity index (χ4n) is 2.62. The smallest absolute Gasteiger partial charge is 0.344 e. The van der Waals surface area contributed by atoms with E-state index in [4.69, 9.17) is 14.2 Å². The lowest BCUT2D eigenvalue weighted by Gasteiger charge is -2.10. The number of esters is 1. The maximum atomic E-state index is 12.4. The van der Waals surface area contributed by atoms with Crippen LogP contribution in [0.15, 0.2) is 71.8 Å². The second-order valence-corrected chi connectivity index (χ2v) is 7.84. The summed E-state index contributed by atoms with van der Waals surface area (Å²) in [6.45, 7) is 1.82. The zero-order valence-electron chi connectivity index (χ0n) is 17.5. The van der Waals surface area contributed by atoms with Gasteiger partial charge in [0.25, 0.3) is 5.91 Å². The van der Waals surface area contributed by atoms with Crippen molar-refractivity contribution >= 4 is 40.7 Å². The van der Waals surface area contributed by atoms with Crippen LogP contribution in [-0.2, 0) is 4.79 Å². The van der Waals surface area contributed by atoms with Crippen LogP contribution in [0.25, 0.3) is 0 Å². The second kappa shape index (κ2) is 11.3. The third-order valence-corrected chi connectivity index (χ3v) is 5.22. The molecule has 1 N–H and O–H groups in total. The van der Waals surface area contributed by atoms with Crippen LogP contribution in [0.1, 0.15) is 21.5 Å². The van der Waals surface area contributed by atoms with Crippen LogP contribution in [0.2, 0.25) is 0 Å². The van der Waals surface area contributed by atoms with Gasteiger partial charge in [0.2, 0.25) is 0 Å². The number of benzene rings is 3. The molecular weight excluding hydrogens is 523 g/mol. The zero-order chi connectivity index (χ0) is 22.9. The Morgan fingerprint density at radius 3 is 2.50 bits per heavy atom. The monoisotopic (exact) mass is 544 g/mol. The number of hydrogen-bond acceptors (Lipinski definition) is 6. The molecule has 0 aliphatic heterocycles. The number of aryl methyl sites for hydroxylation is 1. The van der Waals surface area contributed by atoms with Gasteiger partial charge in [-0.3, -0.25) is 4.79 Å². The molecule has 0 bridgehead atoms. The van der Waals surface area contributed by atoms with Crippen LogP contribution >= 0.6 is 22.6 Å². The van der Waals surface area contributed by atoms with Crippen LogP contribution in [0.3, 0.4) is 0 Å². The van der Waals surface area contributed by atoms with Crippen LogP contribution < -0.4 is 19.6 Å². The minimum Gasteiger partial charge on any atom is -0.493 e. The molecule has 1 amide bonds. The number of hydrazone groups is 1. The predicted octanol–water partition coefficient (Wildman–Crippen LogP) is 4.36. The Kier molecular flexibility index (Phi) is 8.20. The van der Waals surface area contributed by atoms with Gasteiger partial charge in [-0.1, -0.05) is 29.8 Å². The molecule has 7 nitrogen and oxygen atoms in total. The summed E-state index contributed by atoms with van der Waals surface area (Å²) in [5, 5.41) is 3.92. The van der Waals surface area contributed by atoms with Gasteiger partial charge < -0.3 is 14.2 Å². The highest BCUT2D eigenvalue weighted by Crippen LogP contribution is 2.29. The summed E-state index contributed by atoms with van der Waals surface area (Å²) in [6.07, 6.45) is 1.46. The minimum atomic E-state index is -0.476. The molecule has 32 heavy (non-hydrogen) atoms. The molecule has 0 fully saturated rings. The second-order valence-electron chi connectivity index (χ2n) is 6.67. The Balaban J connectivity index is 1.57. The third-order valence-electron chi connectivity index (χ3n) is 4.28. The summed E-state index contributed by atoms with van der Waals surface area (Å²) in [4.78, 5) is 24.3. The number of carbonyl (C=O) groups is 2. The van der Waals surface area contributed by atoms with Gasteiger partial charge in [-0.15, -0.1) is 0 Å². The number of rotatable bonds is 8. The lowest BCUT2D eigenvalue weighted by Crippen LogP contribution is -2.24. The number of hydrogen-bond donors (Lipinski definition) is 1. The molecule has 0 atom stereocenters. The van der Waals surface area contributed by atoms with Crippen molar-refractivity contribution < 1.29 is 23.8 Å². The molecule has 0 unspecified atom stereocenters. The standard InChI is InChI=1S/C24H21IN2O5/c1-16-7-10-18(11-8-16)31-15-23(28)27-26-14-17-9-12-21(22(13-17)30-2)32-24(29)19-5-3-4-6-20(19)25/h3-14H,15H2,1-2H3,(H,27,28)/b26-14-. The highest BCUT2D eigenvalue weighted by molar-refractivity contribution is 14.1. The number of nitrogens with zero attached hydrogens (tertiary/aromatic N) is 1. The number of ether oxygens (including phenoxy) is 3. The molecule has 0 radical (unpaired) electrons. The maximum Gasteiger partial charge on any atom is 0.344 e. The third kappa shape index (κ3) is 6.55. The van der Waals surface area contributed by atoms with Gasteiger partial charge in [0.15, 0.2) is 18.1 Å². The summed E-state index contributed by atoms with van der Waals surface area (Å²) in [7, 11) is 1.48. The van der Waals surface area contributed by atoms with E-state index in [0.29, 0.717) is 22.6 Å². The first-order valence-corrected chi connectivity index (χ1v) is 10.7. The van der Waals surface area contributed by atoms with Crippen molar-refractivity contribution in [3.05, 3.63) is 87.0 Å². The lowest BCUT2D eigenvalue weighted by molar-refractivity contribution is -0.123. The van der Waals surface area contributed by atoms with Crippen LogP contribution in [0, 0.1) is 10.5 Å². The zero-order valence-corrected chi connectivity index (χ0v) is 19.7. The first-order chi connectivity index (χ1) is 15.5. The number of methoxy groups -OCH3 is 1. The lowest BCUT2D eigenvalue weighted by atomic mass is 10.2. The maximum absolute atomic E-state index is 12.4. The largest absolute Gasteiger partial charge is 0.493 e. The normalized spacial score (nSPS) is 10.6. The van der Waals surface area contributed by atoms with E-state index in [1.165, 1.54) is 13.3 Å². The molecular formula is C24H21IN2O5. The van der Waals surface area contributed by atoms with Gasteiger partial charge >= 0.3 is 5.97 Å². The van der Waals surface area contributed by atoms with Gasteiger partial charge in [-0.25, -0.2) is 10.2 Å². The van der Waals surface area contributed by atoms with Crippen molar-refractivity contribution in [2.75, 3.05) is 13.7 Å². The first-order valence-electron chi connectivity index (χ1n) is 9.62. The molecule has 0 saturated carbocycles. The summed E-state index contributed by atoms with van der Waals surface area (Å²) in [6, 6.07) is 19.5. The van der Waals surface area contributed by atoms with Gasteiger partial charge in [-0.05, 0) is 77.5 Å². The van der Waals surface area contributed by atoms with Crippen molar-refractivity contribution in [1.29, 1.82) is 0 Å². The van der Waals surface area contributed by atoms with Gasteiger partial charge in [0.1, 0.15) is 5.75 Å². The average molecular weight is 544 g/mol. The first kappa shape index (κ1) is 23.3. The number of carbonyl (C=O) groups excluding carboxylic acids is 2. The molecule has 164 valence electrons. The van der Waals surface area contributed by atoms with Crippen molar-refractivity contribution in [2.24, 2.45) is 5.10 Å². The molecule has 0 spiro atoms. The Labute approximate surface area is 199 Å². The summed E-state index contributed by atoms with van der Waals surface area (Å²) in [5.41, 5.74) is 4.63. The summed E-state index contributed by atoms with van der Waals surface area (Å²) >= 11 is 2.08. The fraction of sp³-hybridized carbons (Fsp3) is 0.125. The summed E-state index contributed by atoms with van der Waals surface area (Å²) in [5.74, 6) is 0.384. The molecule has 0 aliphatic carbocycles. The molecule has 8 heteroatoms. The van der Waals surface area contributed by atoms with E-state index in [9.17, 15) is 9.59 Å². The molecule has 0 aromatic heterocycles. The van der Waals surface area contributed by atoms with Crippen LogP contribution in [-0.4, -0.2) is 31.8 Å². The molecule has 3 aromatic rings. The predicted molar refractivity (Wildman–Crippen MR) is 130 cm³/mol. The molecule has 0 aliphatic rings. The highest BCUT2D eigenvalue weighted by atomic mass is 127. The van der Waals surface area contributed by atoms with E-state index in [1.54, 1.807) is 42.5 Å². The SMILES string of the molecule is COc1cc(/C=N\NC(=O)COc2ccc(C)cc2)ccc1OC(=O)c1ccccc1I. The number of nitrogens with one attached hydrogen (secondary N) is 1. The van der Waals surface area contributed by atoms with E-state index in [2.05, 4.69) is 33.1 Å². The fourth-order valence-corrected chi connectivity index (χ4v) is 3.23. The number of halogens is 1. The van der Waals surface area contributed by atoms with Crippen molar-refractivity contribution in [3.63, 3.8) is 0 Å². The minimum absolute atomic E-state index is 0.156. The Hall–Kier alpha value is -3.40.